The molecule has 0 aliphatic carbocycles. The molecule has 0 unspecified atom stereocenters. The zero-order chi connectivity index (χ0) is 14.4. The number of para-hydroxylation sites is 2. The fourth-order valence-electron chi connectivity index (χ4n) is 2.33. The molecule has 6 heteroatoms. The second-order valence-corrected chi connectivity index (χ2v) is 4.76. The molecule has 1 aliphatic rings. The molecule has 0 atom stereocenters. The number of hydrogen-bond donors (Lipinski definition) is 2. The van der Waals surface area contributed by atoms with E-state index in [1.807, 2.05) is 12.1 Å². The van der Waals surface area contributed by atoms with Crippen molar-refractivity contribution < 1.29 is 4.74 Å². The Bertz CT molecular complexity index is 463. The number of nitrogens with one attached hydrogen (secondary N) is 1. The fourth-order valence-corrected chi connectivity index (χ4v) is 2.33. The molecule has 20 heavy (non-hydrogen) atoms. The standard InChI is InChI=1S/C14H23N5O/c1-18-9-10-19(13-7-4-3-6-12(13)18)14(17-15)16-8-5-11-20-2/h3-4,6-7H,5,8-11,15H2,1-2H3,(H,16,17). The lowest BCUT2D eigenvalue weighted by molar-refractivity contribution is 0.197. The first-order chi connectivity index (χ1) is 9.77. The van der Waals surface area contributed by atoms with Crippen LogP contribution >= 0.6 is 0 Å². The maximum atomic E-state index is 5.64. The summed E-state index contributed by atoms with van der Waals surface area (Å²) in [5.41, 5.74) is 5.04. The number of anilines is 2. The van der Waals surface area contributed by atoms with Crippen molar-refractivity contribution in [3.05, 3.63) is 24.3 Å². The molecule has 0 fully saturated rings. The van der Waals surface area contributed by atoms with Gasteiger partial charge < -0.3 is 14.5 Å². The molecule has 1 heterocycles. The van der Waals surface area contributed by atoms with E-state index in [2.05, 4.69) is 39.4 Å². The summed E-state index contributed by atoms with van der Waals surface area (Å²) < 4.78 is 5.03. The van der Waals surface area contributed by atoms with E-state index in [1.54, 1.807) is 7.11 Å². The first kappa shape index (κ1) is 14.6. The molecule has 110 valence electrons. The minimum atomic E-state index is 0.696. The van der Waals surface area contributed by atoms with Gasteiger partial charge in [0.25, 0.3) is 0 Å². The molecule has 0 spiro atoms. The number of likely N-dealkylation sites (N-methyl/N-ethyl adjacent to an activating group) is 1. The molecule has 1 aromatic rings. The molecular formula is C14H23N5O. The third-order valence-corrected chi connectivity index (χ3v) is 3.40. The van der Waals surface area contributed by atoms with Gasteiger partial charge in [0.05, 0.1) is 11.4 Å². The third-order valence-electron chi connectivity index (χ3n) is 3.40. The van der Waals surface area contributed by atoms with E-state index >= 15 is 0 Å². The van der Waals surface area contributed by atoms with Gasteiger partial charge in [0.15, 0.2) is 0 Å². The summed E-state index contributed by atoms with van der Waals surface area (Å²) in [5, 5.41) is 0. The quantitative estimate of drug-likeness (QED) is 0.280. The highest BCUT2D eigenvalue weighted by Crippen LogP contribution is 2.31. The number of benzene rings is 1. The van der Waals surface area contributed by atoms with Crippen LogP contribution in [0.2, 0.25) is 0 Å². The Morgan fingerprint density at radius 3 is 2.80 bits per heavy atom. The molecular weight excluding hydrogens is 254 g/mol. The van der Waals surface area contributed by atoms with Crippen LogP contribution in [-0.4, -0.2) is 46.4 Å². The maximum Gasteiger partial charge on any atom is 0.213 e. The van der Waals surface area contributed by atoms with Crippen molar-refractivity contribution in [3.63, 3.8) is 0 Å². The monoisotopic (exact) mass is 277 g/mol. The molecule has 0 bridgehead atoms. The van der Waals surface area contributed by atoms with Crippen molar-refractivity contribution in [2.75, 3.05) is 50.2 Å². The number of guanidine groups is 1. The number of rotatable bonds is 4. The number of hydrazine groups is 1. The van der Waals surface area contributed by atoms with Gasteiger partial charge in [0.2, 0.25) is 5.96 Å². The van der Waals surface area contributed by atoms with Crippen LogP contribution in [0.4, 0.5) is 11.4 Å². The lowest BCUT2D eigenvalue weighted by atomic mass is 10.2. The Morgan fingerprint density at radius 2 is 2.10 bits per heavy atom. The summed E-state index contributed by atoms with van der Waals surface area (Å²) in [5.74, 6) is 6.35. The summed E-state index contributed by atoms with van der Waals surface area (Å²) >= 11 is 0. The van der Waals surface area contributed by atoms with E-state index in [4.69, 9.17) is 10.6 Å². The average molecular weight is 277 g/mol. The van der Waals surface area contributed by atoms with Crippen molar-refractivity contribution in [2.45, 2.75) is 6.42 Å². The van der Waals surface area contributed by atoms with Crippen molar-refractivity contribution in [1.82, 2.24) is 5.43 Å². The van der Waals surface area contributed by atoms with Crippen molar-refractivity contribution in [3.8, 4) is 0 Å². The van der Waals surface area contributed by atoms with Crippen LogP contribution in [0.1, 0.15) is 6.42 Å². The van der Waals surface area contributed by atoms with Crippen LogP contribution in [-0.2, 0) is 4.74 Å². The third kappa shape index (κ3) is 3.20. The van der Waals surface area contributed by atoms with Gasteiger partial charge in [-0.05, 0) is 18.6 Å². The van der Waals surface area contributed by atoms with Crippen LogP contribution in [0.15, 0.2) is 29.3 Å². The number of aliphatic imine (C=N–C) groups is 1. The average Bonchev–Trinajstić information content (AvgIpc) is 2.49. The molecule has 1 aliphatic heterocycles. The largest absolute Gasteiger partial charge is 0.385 e. The number of fused-ring (bicyclic) bond motifs is 1. The van der Waals surface area contributed by atoms with Crippen LogP contribution in [0.5, 0.6) is 0 Å². The van der Waals surface area contributed by atoms with Crippen LogP contribution in [0.3, 0.4) is 0 Å². The minimum absolute atomic E-state index is 0.696. The molecule has 0 saturated carbocycles. The molecule has 0 aromatic heterocycles. The molecule has 0 amide bonds. The zero-order valence-electron chi connectivity index (χ0n) is 12.2. The summed E-state index contributed by atoms with van der Waals surface area (Å²) in [6, 6.07) is 8.28. The van der Waals surface area contributed by atoms with Gasteiger partial charge in [-0.3, -0.25) is 10.4 Å². The van der Waals surface area contributed by atoms with Crippen molar-refractivity contribution in [2.24, 2.45) is 10.8 Å². The first-order valence-corrected chi connectivity index (χ1v) is 6.85. The maximum absolute atomic E-state index is 5.64. The summed E-state index contributed by atoms with van der Waals surface area (Å²) in [4.78, 5) is 8.90. The lowest BCUT2D eigenvalue weighted by Gasteiger charge is -2.36. The number of hydrogen-bond acceptors (Lipinski definition) is 4. The number of nitrogens with zero attached hydrogens (tertiary/aromatic N) is 3. The van der Waals surface area contributed by atoms with Gasteiger partial charge in [-0.15, -0.1) is 0 Å². The van der Waals surface area contributed by atoms with E-state index in [9.17, 15) is 0 Å². The van der Waals surface area contributed by atoms with Crippen molar-refractivity contribution in [1.29, 1.82) is 0 Å². The van der Waals surface area contributed by atoms with Gasteiger partial charge in [0.1, 0.15) is 0 Å². The highest BCUT2D eigenvalue weighted by Gasteiger charge is 2.22. The highest BCUT2D eigenvalue weighted by molar-refractivity contribution is 5.99. The Kier molecular flexibility index (Phi) is 5.20. The fraction of sp³-hybridized carbons (Fsp3) is 0.500. The van der Waals surface area contributed by atoms with Gasteiger partial charge in [-0.25, -0.2) is 5.84 Å². The van der Waals surface area contributed by atoms with Crippen LogP contribution in [0, 0.1) is 0 Å². The minimum Gasteiger partial charge on any atom is -0.385 e. The molecule has 0 saturated heterocycles. The number of methoxy groups -OCH3 is 1. The SMILES string of the molecule is COCCCN=C(NN)N1CCN(C)c2ccccc21. The number of ether oxygens (including phenoxy) is 1. The van der Waals surface area contributed by atoms with Gasteiger partial charge in [-0.1, -0.05) is 12.1 Å². The van der Waals surface area contributed by atoms with Gasteiger partial charge in [0, 0.05) is 40.4 Å². The van der Waals surface area contributed by atoms with E-state index in [-0.39, 0.29) is 0 Å². The van der Waals surface area contributed by atoms with Gasteiger partial charge in [-0.2, -0.15) is 0 Å². The second-order valence-electron chi connectivity index (χ2n) is 4.76. The highest BCUT2D eigenvalue weighted by atomic mass is 16.5. The van der Waals surface area contributed by atoms with Gasteiger partial charge >= 0.3 is 0 Å². The number of nitrogens with two attached hydrogens (primary N) is 1. The van der Waals surface area contributed by atoms with Crippen molar-refractivity contribution >= 4 is 17.3 Å². The normalized spacial score (nSPS) is 15.2. The van der Waals surface area contributed by atoms with E-state index in [0.717, 1.165) is 25.2 Å². The Balaban J connectivity index is 2.16. The van der Waals surface area contributed by atoms with Crippen LogP contribution in [0.25, 0.3) is 0 Å². The molecule has 6 nitrogen and oxygen atoms in total. The topological polar surface area (TPSA) is 66.1 Å². The predicted octanol–water partition coefficient (Wildman–Crippen LogP) is 0.799. The first-order valence-electron chi connectivity index (χ1n) is 6.85. The Labute approximate surface area is 120 Å². The molecule has 3 N–H and O–H groups in total. The Hall–Kier alpha value is -1.79. The second kappa shape index (κ2) is 7.12. The zero-order valence-corrected chi connectivity index (χ0v) is 12.2. The Morgan fingerprint density at radius 1 is 1.35 bits per heavy atom. The van der Waals surface area contributed by atoms with E-state index in [1.165, 1.54) is 5.69 Å². The molecule has 0 radical (unpaired) electrons. The lowest BCUT2D eigenvalue weighted by Crippen LogP contribution is -2.50. The van der Waals surface area contributed by atoms with Crippen LogP contribution < -0.4 is 21.1 Å². The van der Waals surface area contributed by atoms with E-state index in [0.29, 0.717) is 19.1 Å². The molecule has 2 rings (SSSR count). The summed E-state index contributed by atoms with van der Waals surface area (Å²) in [6.45, 7) is 3.21. The summed E-state index contributed by atoms with van der Waals surface area (Å²) in [6.07, 6.45) is 0.886. The predicted molar refractivity (Wildman–Crippen MR) is 83.2 cm³/mol. The molecule has 1 aromatic carbocycles. The summed E-state index contributed by atoms with van der Waals surface area (Å²) in [7, 11) is 3.80. The smallest absolute Gasteiger partial charge is 0.213 e. The van der Waals surface area contributed by atoms with E-state index < -0.39 is 0 Å².